The molecule has 4 rings (SSSR count). The van der Waals surface area contributed by atoms with Crippen LogP contribution in [0.4, 0.5) is 0 Å². The second kappa shape index (κ2) is 7.55. The number of hydrogen-bond acceptors (Lipinski definition) is 6. The Morgan fingerprint density at radius 2 is 2.07 bits per heavy atom. The highest BCUT2D eigenvalue weighted by molar-refractivity contribution is 7.89. The molecule has 142 valence electrons. The second-order valence-corrected chi connectivity index (χ2v) is 9.44. The first kappa shape index (κ1) is 18.4. The molecule has 1 aromatic carbocycles. The van der Waals surface area contributed by atoms with Crippen molar-refractivity contribution in [1.82, 2.24) is 4.31 Å². The van der Waals surface area contributed by atoms with E-state index in [9.17, 15) is 13.2 Å². The third-order valence-electron chi connectivity index (χ3n) is 4.57. The Balaban J connectivity index is 1.69. The van der Waals surface area contributed by atoms with E-state index in [1.807, 2.05) is 17.5 Å². The normalized spacial score (nSPS) is 17.7. The van der Waals surface area contributed by atoms with Gasteiger partial charge in [0.25, 0.3) is 0 Å². The quantitative estimate of drug-likeness (QED) is 0.589. The van der Waals surface area contributed by atoms with Gasteiger partial charge in [0.15, 0.2) is 0 Å². The molecule has 3 aromatic rings. The van der Waals surface area contributed by atoms with E-state index in [4.69, 9.17) is 9.15 Å². The third-order valence-corrected chi connectivity index (χ3v) is 7.24. The summed E-state index contributed by atoms with van der Waals surface area (Å²) in [4.78, 5) is 12.5. The SMILES string of the molecule is O=c1ccc2cc(S(=O)(=O)N(Cc3cccs3)CC3CCCO3)ccc2o1. The Morgan fingerprint density at radius 3 is 2.81 bits per heavy atom. The first-order valence-electron chi connectivity index (χ1n) is 8.70. The fraction of sp³-hybridized carbons (Fsp3) is 0.316. The summed E-state index contributed by atoms with van der Waals surface area (Å²) in [6.07, 6.45) is 1.73. The Hall–Kier alpha value is -2.00. The summed E-state index contributed by atoms with van der Waals surface area (Å²) in [7, 11) is -3.73. The van der Waals surface area contributed by atoms with Crippen LogP contribution in [0, 0.1) is 0 Å². The van der Waals surface area contributed by atoms with Gasteiger partial charge >= 0.3 is 5.63 Å². The molecule has 0 bridgehead atoms. The van der Waals surface area contributed by atoms with Gasteiger partial charge in [0.2, 0.25) is 10.0 Å². The van der Waals surface area contributed by atoms with Gasteiger partial charge in [-0.2, -0.15) is 4.31 Å². The Labute approximate surface area is 161 Å². The fourth-order valence-corrected chi connectivity index (χ4v) is 5.49. The van der Waals surface area contributed by atoms with Gasteiger partial charge in [-0.25, -0.2) is 13.2 Å². The first-order chi connectivity index (χ1) is 13.0. The predicted octanol–water partition coefficient (Wildman–Crippen LogP) is 3.22. The van der Waals surface area contributed by atoms with Crippen LogP contribution in [0.5, 0.6) is 0 Å². The first-order valence-corrected chi connectivity index (χ1v) is 11.0. The lowest BCUT2D eigenvalue weighted by Crippen LogP contribution is -2.36. The minimum atomic E-state index is -3.73. The molecule has 1 saturated heterocycles. The molecule has 1 aliphatic heterocycles. The molecule has 2 aromatic heterocycles. The summed E-state index contributed by atoms with van der Waals surface area (Å²) >= 11 is 1.53. The number of thiophene rings is 1. The van der Waals surface area contributed by atoms with Crippen molar-refractivity contribution in [1.29, 1.82) is 0 Å². The fourth-order valence-electron chi connectivity index (χ4n) is 3.20. The van der Waals surface area contributed by atoms with Crippen LogP contribution in [0.15, 0.2) is 62.0 Å². The van der Waals surface area contributed by atoms with Gasteiger partial charge in [-0.1, -0.05) is 6.07 Å². The highest BCUT2D eigenvalue weighted by Gasteiger charge is 2.29. The maximum absolute atomic E-state index is 13.3. The van der Waals surface area contributed by atoms with E-state index < -0.39 is 15.6 Å². The average Bonchev–Trinajstić information content (AvgIpc) is 3.34. The lowest BCUT2D eigenvalue weighted by atomic mass is 10.2. The Morgan fingerprint density at radius 1 is 1.19 bits per heavy atom. The molecule has 0 N–H and O–H groups in total. The lowest BCUT2D eigenvalue weighted by Gasteiger charge is -2.24. The zero-order valence-corrected chi connectivity index (χ0v) is 16.2. The molecule has 8 heteroatoms. The zero-order valence-electron chi connectivity index (χ0n) is 14.5. The minimum absolute atomic E-state index is 0.0850. The maximum atomic E-state index is 13.3. The molecule has 0 amide bonds. The maximum Gasteiger partial charge on any atom is 0.336 e. The number of sulfonamides is 1. The van der Waals surface area contributed by atoms with E-state index in [1.54, 1.807) is 12.1 Å². The van der Waals surface area contributed by atoms with E-state index >= 15 is 0 Å². The van der Waals surface area contributed by atoms with Gasteiger partial charge < -0.3 is 9.15 Å². The Kier molecular flexibility index (Phi) is 5.14. The number of benzene rings is 1. The van der Waals surface area contributed by atoms with Crippen molar-refractivity contribution in [3.63, 3.8) is 0 Å². The largest absolute Gasteiger partial charge is 0.423 e. The number of ether oxygens (including phenoxy) is 1. The molecule has 6 nitrogen and oxygen atoms in total. The highest BCUT2D eigenvalue weighted by Crippen LogP contribution is 2.25. The molecular formula is C19H19NO5S2. The van der Waals surface area contributed by atoms with Crippen molar-refractivity contribution < 1.29 is 17.6 Å². The monoisotopic (exact) mass is 405 g/mol. The minimum Gasteiger partial charge on any atom is -0.423 e. The molecule has 1 fully saturated rings. The van der Waals surface area contributed by atoms with Crippen molar-refractivity contribution in [2.75, 3.05) is 13.2 Å². The highest BCUT2D eigenvalue weighted by atomic mass is 32.2. The van der Waals surface area contributed by atoms with Crippen LogP contribution in [-0.2, 0) is 21.3 Å². The van der Waals surface area contributed by atoms with Gasteiger partial charge in [-0.15, -0.1) is 11.3 Å². The number of fused-ring (bicyclic) bond motifs is 1. The summed E-state index contributed by atoms with van der Waals surface area (Å²) in [5.41, 5.74) is -0.0961. The van der Waals surface area contributed by atoms with Crippen molar-refractivity contribution in [2.45, 2.75) is 30.4 Å². The van der Waals surface area contributed by atoms with Gasteiger partial charge in [-0.3, -0.25) is 0 Å². The van der Waals surface area contributed by atoms with Crippen LogP contribution >= 0.6 is 11.3 Å². The number of nitrogens with zero attached hydrogens (tertiary/aromatic N) is 1. The van der Waals surface area contributed by atoms with Crippen LogP contribution in [0.2, 0.25) is 0 Å². The van der Waals surface area contributed by atoms with E-state index in [1.165, 1.54) is 33.8 Å². The van der Waals surface area contributed by atoms with E-state index in [2.05, 4.69) is 0 Å². The van der Waals surface area contributed by atoms with Gasteiger partial charge in [-0.05, 0) is 48.6 Å². The topological polar surface area (TPSA) is 76.8 Å². The molecule has 0 radical (unpaired) electrons. The van der Waals surface area contributed by atoms with Crippen molar-refractivity contribution in [3.8, 4) is 0 Å². The van der Waals surface area contributed by atoms with Crippen LogP contribution in [-0.4, -0.2) is 32.0 Å². The molecule has 1 aliphatic rings. The molecule has 3 heterocycles. The molecule has 0 saturated carbocycles. The summed E-state index contributed by atoms with van der Waals surface area (Å²) < 4.78 is 38.9. The summed E-state index contributed by atoms with van der Waals surface area (Å²) in [6, 6.07) is 11.3. The zero-order chi connectivity index (χ0) is 18.9. The summed E-state index contributed by atoms with van der Waals surface area (Å²) in [6.45, 7) is 1.30. The molecule has 0 spiro atoms. The van der Waals surface area contributed by atoms with Crippen LogP contribution in [0.3, 0.4) is 0 Å². The molecule has 0 aliphatic carbocycles. The average molecular weight is 405 g/mol. The molecule has 1 atom stereocenters. The Bertz CT molecular complexity index is 1080. The van der Waals surface area contributed by atoms with Crippen LogP contribution in [0.1, 0.15) is 17.7 Å². The van der Waals surface area contributed by atoms with Gasteiger partial charge in [0, 0.05) is 36.0 Å². The van der Waals surface area contributed by atoms with Crippen molar-refractivity contribution in [3.05, 3.63) is 63.1 Å². The molecular weight excluding hydrogens is 386 g/mol. The smallest absolute Gasteiger partial charge is 0.336 e. The van der Waals surface area contributed by atoms with Gasteiger partial charge in [0.1, 0.15) is 5.58 Å². The standard InChI is InChI=1S/C19H19NO5S2/c21-19-8-5-14-11-17(6-7-18(14)25-19)27(22,23)20(12-15-3-1-9-24-15)13-16-4-2-10-26-16/h2,4-8,10-11,15H,1,3,9,12-13H2. The van der Waals surface area contributed by atoms with Crippen LogP contribution < -0.4 is 5.63 Å². The van der Waals surface area contributed by atoms with Gasteiger partial charge in [0.05, 0.1) is 11.0 Å². The molecule has 27 heavy (non-hydrogen) atoms. The summed E-state index contributed by atoms with van der Waals surface area (Å²) in [5.74, 6) is 0. The van der Waals surface area contributed by atoms with Crippen molar-refractivity contribution >= 4 is 32.3 Å². The molecule has 1 unspecified atom stereocenters. The number of hydrogen-bond donors (Lipinski definition) is 0. The third kappa shape index (κ3) is 3.98. The van der Waals surface area contributed by atoms with Crippen molar-refractivity contribution in [2.24, 2.45) is 0 Å². The van der Waals surface area contributed by atoms with E-state index in [-0.39, 0.29) is 11.0 Å². The predicted molar refractivity (Wildman–Crippen MR) is 103 cm³/mol. The second-order valence-electron chi connectivity index (χ2n) is 6.47. The number of rotatable bonds is 6. The lowest BCUT2D eigenvalue weighted by molar-refractivity contribution is 0.0927. The van der Waals surface area contributed by atoms with Crippen LogP contribution in [0.25, 0.3) is 11.0 Å². The summed E-state index contributed by atoms with van der Waals surface area (Å²) in [5, 5.41) is 2.51. The van der Waals surface area contributed by atoms with E-state index in [0.29, 0.717) is 30.7 Å². The van der Waals surface area contributed by atoms with E-state index in [0.717, 1.165) is 17.7 Å².